The smallest absolute Gasteiger partial charge is 0.271 e. The average Bonchev–Trinajstić information content (AvgIpc) is 2.58. The van der Waals surface area contributed by atoms with E-state index < -0.39 is 0 Å². The summed E-state index contributed by atoms with van der Waals surface area (Å²) in [4.78, 5) is 12.0. The number of hydrazone groups is 1. The monoisotopic (exact) mass is 298 g/mol. The first-order chi connectivity index (χ1) is 10.7. The van der Waals surface area contributed by atoms with Crippen LogP contribution in [-0.2, 0) is 6.42 Å². The number of rotatable bonds is 6. The molecule has 0 fully saturated rings. The van der Waals surface area contributed by atoms with E-state index in [1.807, 2.05) is 30.3 Å². The van der Waals surface area contributed by atoms with Crippen LogP contribution >= 0.6 is 0 Å². The van der Waals surface area contributed by atoms with Gasteiger partial charge in [-0.3, -0.25) is 4.79 Å². The van der Waals surface area contributed by atoms with E-state index in [0.717, 1.165) is 5.56 Å². The molecule has 0 atom stereocenters. The molecule has 0 bridgehead atoms. The van der Waals surface area contributed by atoms with Gasteiger partial charge in [0, 0.05) is 18.2 Å². The largest absolute Gasteiger partial charge is 0.493 e. The van der Waals surface area contributed by atoms with E-state index in [2.05, 4.69) is 10.5 Å². The number of amides is 1. The quantitative estimate of drug-likeness (QED) is 0.659. The maximum atomic E-state index is 12.0. The molecule has 2 aromatic carbocycles. The molecule has 0 radical (unpaired) electrons. The number of nitrogens with one attached hydrogen (secondary N) is 1. The lowest BCUT2D eigenvalue weighted by molar-refractivity contribution is 0.0954. The zero-order chi connectivity index (χ0) is 15.8. The third-order valence-corrected chi connectivity index (χ3v) is 3.07. The number of ether oxygens (including phenoxy) is 2. The molecule has 0 aliphatic carbocycles. The van der Waals surface area contributed by atoms with Gasteiger partial charge < -0.3 is 9.47 Å². The normalized spacial score (nSPS) is 10.5. The van der Waals surface area contributed by atoms with Gasteiger partial charge in [-0.05, 0) is 23.8 Å². The van der Waals surface area contributed by atoms with Gasteiger partial charge in [-0.2, -0.15) is 5.10 Å². The fraction of sp³-hybridized carbons (Fsp3) is 0.176. The lowest BCUT2D eigenvalue weighted by Crippen LogP contribution is -2.17. The van der Waals surface area contributed by atoms with Gasteiger partial charge in [0.1, 0.15) is 0 Å². The van der Waals surface area contributed by atoms with Gasteiger partial charge in [0.15, 0.2) is 11.5 Å². The maximum absolute atomic E-state index is 12.0. The third kappa shape index (κ3) is 4.09. The van der Waals surface area contributed by atoms with Gasteiger partial charge in [0.25, 0.3) is 5.91 Å². The summed E-state index contributed by atoms with van der Waals surface area (Å²) in [7, 11) is 3.07. The molecule has 5 heteroatoms. The van der Waals surface area contributed by atoms with Crippen molar-refractivity contribution in [3.05, 3.63) is 59.7 Å². The van der Waals surface area contributed by atoms with Crippen LogP contribution in [0.2, 0.25) is 0 Å². The van der Waals surface area contributed by atoms with E-state index in [-0.39, 0.29) is 5.91 Å². The van der Waals surface area contributed by atoms with Crippen molar-refractivity contribution in [1.29, 1.82) is 0 Å². The van der Waals surface area contributed by atoms with Crippen LogP contribution in [0.15, 0.2) is 53.6 Å². The summed E-state index contributed by atoms with van der Waals surface area (Å²) >= 11 is 0. The highest BCUT2D eigenvalue weighted by atomic mass is 16.5. The zero-order valence-electron chi connectivity index (χ0n) is 12.6. The Kier molecular flexibility index (Phi) is 5.54. The van der Waals surface area contributed by atoms with Crippen LogP contribution in [0.3, 0.4) is 0 Å². The van der Waals surface area contributed by atoms with Crippen molar-refractivity contribution in [2.45, 2.75) is 6.42 Å². The first-order valence-corrected chi connectivity index (χ1v) is 6.82. The zero-order valence-corrected chi connectivity index (χ0v) is 12.6. The van der Waals surface area contributed by atoms with Gasteiger partial charge in [-0.1, -0.05) is 30.3 Å². The summed E-state index contributed by atoms with van der Waals surface area (Å²) in [6.07, 6.45) is 2.32. The molecule has 0 heterocycles. The van der Waals surface area contributed by atoms with Crippen LogP contribution < -0.4 is 14.9 Å². The molecular weight excluding hydrogens is 280 g/mol. The van der Waals surface area contributed by atoms with Crippen LogP contribution in [0, 0.1) is 0 Å². The van der Waals surface area contributed by atoms with E-state index in [1.165, 1.54) is 7.11 Å². The number of methoxy groups -OCH3 is 2. The van der Waals surface area contributed by atoms with Gasteiger partial charge in [-0.25, -0.2) is 5.43 Å². The van der Waals surface area contributed by atoms with Crippen LogP contribution in [0.25, 0.3) is 0 Å². The molecule has 0 aromatic heterocycles. The Hall–Kier alpha value is -2.82. The van der Waals surface area contributed by atoms with E-state index in [4.69, 9.17) is 9.47 Å². The molecule has 0 unspecified atom stereocenters. The molecule has 5 nitrogen and oxygen atoms in total. The highest BCUT2D eigenvalue weighted by Gasteiger charge is 2.09. The number of benzene rings is 2. The number of carbonyl (C=O) groups is 1. The second-order valence-electron chi connectivity index (χ2n) is 4.51. The minimum atomic E-state index is -0.301. The molecular formula is C17H18N2O3. The highest BCUT2D eigenvalue weighted by Crippen LogP contribution is 2.27. The highest BCUT2D eigenvalue weighted by molar-refractivity contribution is 5.95. The second kappa shape index (κ2) is 7.83. The van der Waals surface area contributed by atoms with Crippen LogP contribution in [0.1, 0.15) is 15.9 Å². The van der Waals surface area contributed by atoms with Gasteiger partial charge in [0.2, 0.25) is 0 Å². The summed E-state index contributed by atoms with van der Waals surface area (Å²) in [5.74, 6) is 0.778. The average molecular weight is 298 g/mol. The number of hydrogen-bond donors (Lipinski definition) is 1. The molecule has 22 heavy (non-hydrogen) atoms. The van der Waals surface area contributed by atoms with E-state index in [0.29, 0.717) is 23.5 Å². The SMILES string of the molecule is COc1ccc(C(=O)NN=CCc2ccccc2)cc1OC. The van der Waals surface area contributed by atoms with Crippen molar-refractivity contribution in [2.24, 2.45) is 5.10 Å². The summed E-state index contributed by atoms with van der Waals surface area (Å²) in [6.45, 7) is 0. The fourth-order valence-corrected chi connectivity index (χ4v) is 1.91. The van der Waals surface area contributed by atoms with Crippen molar-refractivity contribution < 1.29 is 14.3 Å². The Morgan fingerprint density at radius 1 is 1.09 bits per heavy atom. The Labute approximate surface area is 129 Å². The number of nitrogens with zero attached hydrogens (tertiary/aromatic N) is 1. The van der Waals surface area contributed by atoms with Crippen LogP contribution in [0.5, 0.6) is 11.5 Å². The fourth-order valence-electron chi connectivity index (χ4n) is 1.91. The Morgan fingerprint density at radius 2 is 1.82 bits per heavy atom. The van der Waals surface area contributed by atoms with Crippen LogP contribution in [-0.4, -0.2) is 26.3 Å². The van der Waals surface area contributed by atoms with Gasteiger partial charge in [-0.15, -0.1) is 0 Å². The predicted molar refractivity (Wildman–Crippen MR) is 85.7 cm³/mol. The van der Waals surface area contributed by atoms with E-state index in [9.17, 15) is 4.79 Å². The molecule has 114 valence electrons. The van der Waals surface area contributed by atoms with Crippen molar-refractivity contribution in [3.63, 3.8) is 0 Å². The standard InChI is InChI=1S/C17H18N2O3/c1-21-15-9-8-14(12-16(15)22-2)17(20)19-18-11-10-13-6-4-3-5-7-13/h3-9,11-12H,10H2,1-2H3,(H,19,20). The summed E-state index contributed by atoms with van der Waals surface area (Å²) in [6, 6.07) is 14.8. The topological polar surface area (TPSA) is 59.9 Å². The Bertz CT molecular complexity index is 654. The number of carbonyl (C=O) groups excluding carboxylic acids is 1. The Morgan fingerprint density at radius 3 is 2.50 bits per heavy atom. The molecule has 1 N–H and O–H groups in total. The van der Waals surface area contributed by atoms with Crippen LogP contribution in [0.4, 0.5) is 0 Å². The predicted octanol–water partition coefficient (Wildman–Crippen LogP) is 2.66. The molecule has 2 aromatic rings. The molecule has 0 aliphatic heterocycles. The minimum absolute atomic E-state index is 0.301. The first kappa shape index (κ1) is 15.6. The summed E-state index contributed by atoms with van der Waals surface area (Å²) in [5.41, 5.74) is 4.08. The minimum Gasteiger partial charge on any atom is -0.493 e. The van der Waals surface area contributed by atoms with E-state index in [1.54, 1.807) is 31.5 Å². The van der Waals surface area contributed by atoms with Crippen molar-refractivity contribution >= 4 is 12.1 Å². The molecule has 0 saturated heterocycles. The molecule has 1 amide bonds. The van der Waals surface area contributed by atoms with Gasteiger partial charge >= 0.3 is 0 Å². The van der Waals surface area contributed by atoms with E-state index >= 15 is 0 Å². The number of hydrogen-bond acceptors (Lipinski definition) is 4. The lowest BCUT2D eigenvalue weighted by atomic mass is 10.2. The third-order valence-electron chi connectivity index (χ3n) is 3.07. The van der Waals surface area contributed by atoms with Gasteiger partial charge in [0.05, 0.1) is 14.2 Å². The van der Waals surface area contributed by atoms with Crippen molar-refractivity contribution in [2.75, 3.05) is 14.2 Å². The molecule has 0 saturated carbocycles. The molecule has 0 spiro atoms. The first-order valence-electron chi connectivity index (χ1n) is 6.82. The van der Waals surface area contributed by atoms with Crippen molar-refractivity contribution in [3.8, 4) is 11.5 Å². The summed E-state index contributed by atoms with van der Waals surface area (Å²) < 4.78 is 10.3. The maximum Gasteiger partial charge on any atom is 0.271 e. The lowest BCUT2D eigenvalue weighted by Gasteiger charge is -2.08. The van der Waals surface area contributed by atoms with Crippen molar-refractivity contribution in [1.82, 2.24) is 5.43 Å². The Balaban J connectivity index is 1.94. The molecule has 0 aliphatic rings. The second-order valence-corrected chi connectivity index (χ2v) is 4.51. The molecule has 2 rings (SSSR count). The summed E-state index contributed by atoms with van der Waals surface area (Å²) in [5, 5.41) is 3.94.